The zero-order chi connectivity index (χ0) is 30.0. The fourth-order valence-corrected chi connectivity index (χ4v) is 6.07. The predicted octanol–water partition coefficient (Wildman–Crippen LogP) is 6.60. The van der Waals surface area contributed by atoms with Crippen LogP contribution >= 0.6 is 0 Å². The van der Waals surface area contributed by atoms with E-state index in [1.165, 1.54) is 0 Å². The van der Waals surface area contributed by atoms with Gasteiger partial charge in [-0.3, -0.25) is 14.4 Å². The van der Waals surface area contributed by atoms with E-state index >= 15 is 0 Å². The van der Waals surface area contributed by atoms with Gasteiger partial charge in [-0.15, -0.1) is 0 Å². The average Bonchev–Trinajstić information content (AvgIpc) is 3.51. The molecule has 0 saturated carbocycles. The van der Waals surface area contributed by atoms with Gasteiger partial charge in [0.1, 0.15) is 12.6 Å². The van der Waals surface area contributed by atoms with Crippen molar-refractivity contribution < 1.29 is 19.1 Å². The lowest BCUT2D eigenvalue weighted by atomic mass is 9.79. The second kappa shape index (κ2) is 14.9. The van der Waals surface area contributed by atoms with Crippen LogP contribution in [0, 0.1) is 5.92 Å². The molecule has 1 saturated heterocycles. The smallest absolute Gasteiger partial charge is 0.243 e. The van der Waals surface area contributed by atoms with E-state index < -0.39 is 11.6 Å². The van der Waals surface area contributed by atoms with Gasteiger partial charge < -0.3 is 15.0 Å². The molecule has 0 spiro atoms. The maximum absolute atomic E-state index is 13.6. The summed E-state index contributed by atoms with van der Waals surface area (Å²) >= 11 is 0. The summed E-state index contributed by atoms with van der Waals surface area (Å²) in [4.78, 5) is 40.6. The normalized spacial score (nSPS) is 16.4. The van der Waals surface area contributed by atoms with Crippen LogP contribution in [-0.4, -0.2) is 41.7 Å². The number of amides is 2. The minimum absolute atomic E-state index is 0.00810. The minimum Gasteiger partial charge on any atom is -0.362 e. The van der Waals surface area contributed by atoms with Crippen molar-refractivity contribution in [2.24, 2.45) is 5.92 Å². The number of Topliss-reactive ketones (excluding diaryl/α,β-unsaturated/α-hetero) is 1. The monoisotopic (exact) mass is 568 g/mol. The van der Waals surface area contributed by atoms with E-state index in [2.05, 4.69) is 31.3 Å². The lowest BCUT2D eigenvalue weighted by Crippen LogP contribution is -2.47. The summed E-state index contributed by atoms with van der Waals surface area (Å²) in [6, 6.07) is 29.2. The first kappa shape index (κ1) is 31.2. The highest BCUT2D eigenvalue weighted by Crippen LogP contribution is 2.39. The van der Waals surface area contributed by atoms with Crippen LogP contribution in [0.2, 0.25) is 0 Å². The summed E-state index contributed by atoms with van der Waals surface area (Å²) < 4.78 is 6.31. The average molecular weight is 569 g/mol. The third-order valence-electron chi connectivity index (χ3n) is 8.35. The molecule has 3 aromatic carbocycles. The minimum atomic E-state index is -0.601. The Morgan fingerprint density at radius 2 is 1.45 bits per heavy atom. The number of carbonyl (C=O) groups is 3. The number of ketones is 1. The highest BCUT2D eigenvalue weighted by molar-refractivity contribution is 5.88. The number of rotatable bonds is 14. The summed E-state index contributed by atoms with van der Waals surface area (Å²) in [7, 11) is 0. The molecule has 1 aliphatic heterocycles. The molecule has 0 radical (unpaired) electrons. The molecule has 1 aliphatic rings. The van der Waals surface area contributed by atoms with Crippen molar-refractivity contribution in [3.8, 4) is 0 Å². The summed E-state index contributed by atoms with van der Waals surface area (Å²) in [5, 5.41) is 3.24. The number of unbranched alkanes of at least 4 members (excludes halogenated alkanes) is 1. The molecule has 2 amide bonds. The van der Waals surface area contributed by atoms with Crippen LogP contribution in [0.5, 0.6) is 0 Å². The zero-order valence-corrected chi connectivity index (χ0v) is 25.1. The molecule has 6 heteroatoms. The molecule has 222 valence electrons. The number of nitrogens with one attached hydrogen (secondary N) is 1. The van der Waals surface area contributed by atoms with Crippen molar-refractivity contribution in [3.05, 3.63) is 108 Å². The van der Waals surface area contributed by atoms with Crippen LogP contribution in [0.15, 0.2) is 91.0 Å². The Bertz CT molecular complexity index is 1260. The van der Waals surface area contributed by atoms with E-state index in [0.717, 1.165) is 29.5 Å². The molecular formula is C36H44N2O4. The molecule has 0 aliphatic carbocycles. The van der Waals surface area contributed by atoms with Crippen LogP contribution in [0.3, 0.4) is 0 Å². The summed E-state index contributed by atoms with van der Waals surface area (Å²) in [5.41, 5.74) is 2.46. The summed E-state index contributed by atoms with van der Waals surface area (Å²) in [6.45, 7) is 6.43. The van der Waals surface area contributed by atoms with Gasteiger partial charge in [0, 0.05) is 13.0 Å². The van der Waals surface area contributed by atoms with Gasteiger partial charge in [-0.25, -0.2) is 0 Å². The van der Waals surface area contributed by atoms with Crippen LogP contribution < -0.4 is 5.32 Å². The van der Waals surface area contributed by atoms with E-state index in [1.807, 2.05) is 78.9 Å². The van der Waals surface area contributed by atoms with Crippen molar-refractivity contribution in [2.75, 3.05) is 13.2 Å². The quantitative estimate of drug-likeness (QED) is 0.222. The Morgan fingerprint density at radius 1 is 0.881 bits per heavy atom. The van der Waals surface area contributed by atoms with E-state index in [9.17, 15) is 14.4 Å². The van der Waals surface area contributed by atoms with Gasteiger partial charge in [0.2, 0.25) is 11.8 Å². The molecule has 0 aromatic heterocycles. The molecule has 1 N–H and O–H groups in total. The fraction of sp³-hybridized carbons (Fsp3) is 0.417. The van der Waals surface area contributed by atoms with Gasteiger partial charge in [-0.05, 0) is 61.6 Å². The lowest BCUT2D eigenvalue weighted by Gasteiger charge is -2.38. The van der Waals surface area contributed by atoms with Crippen molar-refractivity contribution in [3.63, 3.8) is 0 Å². The molecule has 6 nitrogen and oxygen atoms in total. The number of benzene rings is 3. The Morgan fingerprint density at radius 3 is 2.00 bits per heavy atom. The second-order valence-corrected chi connectivity index (χ2v) is 11.6. The highest BCUT2D eigenvalue weighted by Gasteiger charge is 2.38. The molecule has 1 unspecified atom stereocenters. The Balaban J connectivity index is 1.39. The molecular weight excluding hydrogens is 524 g/mol. The van der Waals surface area contributed by atoms with Crippen molar-refractivity contribution >= 4 is 17.6 Å². The third kappa shape index (κ3) is 7.74. The van der Waals surface area contributed by atoms with Gasteiger partial charge in [-0.1, -0.05) is 105 Å². The first-order chi connectivity index (χ1) is 20.3. The fourth-order valence-electron chi connectivity index (χ4n) is 6.07. The largest absolute Gasteiger partial charge is 0.362 e. The maximum atomic E-state index is 13.6. The number of nitrogens with zero attached hydrogens (tertiary/aromatic N) is 1. The SMILES string of the molecule is CC(=O)COC(CCCCC(=O)N1CCC[C@@H]1C(=O)NC(c1ccccc1)c1ccccc1)(c1ccccc1)C(C)C. The summed E-state index contributed by atoms with van der Waals surface area (Å²) in [6.07, 6.45) is 4.01. The molecule has 2 atom stereocenters. The highest BCUT2D eigenvalue weighted by atomic mass is 16.5. The summed E-state index contributed by atoms with van der Waals surface area (Å²) in [5.74, 6) is 0.0391. The second-order valence-electron chi connectivity index (χ2n) is 11.6. The van der Waals surface area contributed by atoms with Crippen LogP contribution in [0.25, 0.3) is 0 Å². The molecule has 3 aromatic rings. The molecule has 1 heterocycles. The van der Waals surface area contributed by atoms with Gasteiger partial charge >= 0.3 is 0 Å². The number of likely N-dealkylation sites (tertiary alicyclic amines) is 1. The van der Waals surface area contributed by atoms with Gasteiger partial charge in [0.25, 0.3) is 0 Å². The Labute approximate surface area is 250 Å². The third-order valence-corrected chi connectivity index (χ3v) is 8.35. The predicted molar refractivity (Wildman–Crippen MR) is 166 cm³/mol. The number of hydrogen-bond acceptors (Lipinski definition) is 4. The molecule has 1 fully saturated rings. The zero-order valence-electron chi connectivity index (χ0n) is 25.1. The Hall–Kier alpha value is -3.77. The van der Waals surface area contributed by atoms with E-state index in [1.54, 1.807) is 11.8 Å². The molecule has 0 bridgehead atoms. The van der Waals surface area contributed by atoms with Crippen LogP contribution in [0.1, 0.15) is 82.0 Å². The van der Waals surface area contributed by atoms with Crippen molar-refractivity contribution in [1.29, 1.82) is 0 Å². The van der Waals surface area contributed by atoms with Crippen molar-refractivity contribution in [2.45, 2.75) is 77.0 Å². The topological polar surface area (TPSA) is 75.7 Å². The first-order valence-electron chi connectivity index (χ1n) is 15.2. The standard InChI is InChI=1S/C36H44N2O4/c1-27(2)36(42-26-28(3)39,31-20-11-6-12-21-31)24-14-13-23-33(40)38-25-15-22-32(38)35(41)37-34(29-16-7-4-8-17-29)30-18-9-5-10-19-30/h4-12,16-21,27,32,34H,13-15,22-26H2,1-3H3,(H,37,41)/t32-,36?/m1/s1. The van der Waals surface area contributed by atoms with Gasteiger partial charge in [0.15, 0.2) is 5.78 Å². The Kier molecular flexibility index (Phi) is 11.1. The van der Waals surface area contributed by atoms with E-state index in [0.29, 0.717) is 32.2 Å². The van der Waals surface area contributed by atoms with E-state index in [-0.39, 0.29) is 36.2 Å². The first-order valence-corrected chi connectivity index (χ1v) is 15.2. The van der Waals surface area contributed by atoms with E-state index in [4.69, 9.17) is 4.74 Å². The van der Waals surface area contributed by atoms with Crippen LogP contribution in [0.4, 0.5) is 0 Å². The van der Waals surface area contributed by atoms with Crippen molar-refractivity contribution in [1.82, 2.24) is 10.2 Å². The molecule has 42 heavy (non-hydrogen) atoms. The lowest BCUT2D eigenvalue weighted by molar-refractivity contribution is -0.139. The maximum Gasteiger partial charge on any atom is 0.243 e. The number of carbonyl (C=O) groups excluding carboxylic acids is 3. The van der Waals surface area contributed by atoms with Crippen LogP contribution in [-0.2, 0) is 24.7 Å². The van der Waals surface area contributed by atoms with Gasteiger partial charge in [0.05, 0.1) is 11.6 Å². The number of hydrogen-bond donors (Lipinski definition) is 1. The molecule has 4 rings (SSSR count). The number of ether oxygens (including phenoxy) is 1. The van der Waals surface area contributed by atoms with Gasteiger partial charge in [-0.2, -0.15) is 0 Å².